The summed E-state index contributed by atoms with van der Waals surface area (Å²) in [6.07, 6.45) is 1.08. The molecule has 0 aliphatic rings. The largest absolute Gasteiger partial charge is 0.773 e. The second kappa shape index (κ2) is 29.2. The van der Waals surface area contributed by atoms with Gasteiger partial charge in [0.05, 0.1) is 0 Å². The van der Waals surface area contributed by atoms with Crippen LogP contribution in [-0.4, -0.2) is 15.0 Å². The van der Waals surface area contributed by atoms with Crippen LogP contribution in [0, 0.1) is 0 Å². The third-order valence-electron chi connectivity index (χ3n) is 0. The molecule has 0 rings (SSSR count). The molecular formula is CH3O2SY5-. The molecule has 0 aliphatic heterocycles. The molecule has 41 valence electrons. The Bertz CT molecular complexity index is 37.9. The third kappa shape index (κ3) is 58.2. The first-order valence-electron chi connectivity index (χ1n) is 0.742. The quantitative estimate of drug-likeness (QED) is 0.401. The first-order valence-corrected chi connectivity index (χ1v) is 2.22. The van der Waals surface area contributed by atoms with Gasteiger partial charge in [0.15, 0.2) is 0 Å². The van der Waals surface area contributed by atoms with Gasteiger partial charge in [0.25, 0.3) is 0 Å². The molecule has 5 radical (unpaired) electrons. The summed E-state index contributed by atoms with van der Waals surface area (Å²) in [5.74, 6) is 0. The molecule has 8 heteroatoms. The van der Waals surface area contributed by atoms with Gasteiger partial charge in [-0.15, -0.1) is 0 Å². The summed E-state index contributed by atoms with van der Waals surface area (Å²) in [5.41, 5.74) is 0. The fourth-order valence-electron chi connectivity index (χ4n) is 0. The Hall–Kier alpha value is 5.63. The minimum absolute atomic E-state index is 0. The molecule has 0 saturated carbocycles. The van der Waals surface area contributed by atoms with Gasteiger partial charge in [-0.1, -0.05) is 11.1 Å². The predicted octanol–water partition coefficient (Wildman–Crippen LogP) is -0.517. The van der Waals surface area contributed by atoms with Crippen LogP contribution < -0.4 is 0 Å². The van der Waals surface area contributed by atoms with Crippen LogP contribution in [0.15, 0.2) is 0 Å². The van der Waals surface area contributed by atoms with Gasteiger partial charge in [-0.2, -0.15) is 0 Å². The van der Waals surface area contributed by atoms with Crippen molar-refractivity contribution in [1.29, 1.82) is 0 Å². The monoisotopic (exact) mass is 524 g/mol. The Morgan fingerprint density at radius 2 is 1.00 bits per heavy atom. The van der Waals surface area contributed by atoms with Crippen molar-refractivity contribution in [2.45, 2.75) is 0 Å². The topological polar surface area (TPSA) is 40.1 Å². The van der Waals surface area contributed by atoms with Gasteiger partial charge in [-0.05, 0) is 6.26 Å². The van der Waals surface area contributed by atoms with E-state index in [0.29, 0.717) is 0 Å². The van der Waals surface area contributed by atoms with Crippen LogP contribution in [0.5, 0.6) is 0 Å². The number of hydrogen-bond acceptors (Lipinski definition) is 2. The molecular weight excluding hydrogens is 521 g/mol. The van der Waals surface area contributed by atoms with Crippen molar-refractivity contribution >= 4 is 11.1 Å². The Kier molecular flexibility index (Phi) is 118. The van der Waals surface area contributed by atoms with Crippen LogP contribution in [0.3, 0.4) is 0 Å². The molecule has 0 heterocycles. The van der Waals surface area contributed by atoms with Gasteiger partial charge < -0.3 is 4.55 Å². The zero-order valence-corrected chi connectivity index (χ0v) is 20.1. The van der Waals surface area contributed by atoms with E-state index in [9.17, 15) is 0 Å². The van der Waals surface area contributed by atoms with E-state index in [1.807, 2.05) is 0 Å². The Morgan fingerprint density at radius 1 is 1.00 bits per heavy atom. The fourth-order valence-corrected chi connectivity index (χ4v) is 0. The van der Waals surface area contributed by atoms with E-state index in [1.54, 1.807) is 0 Å². The molecule has 1 unspecified atom stereocenters. The van der Waals surface area contributed by atoms with Crippen molar-refractivity contribution in [3.8, 4) is 0 Å². The summed E-state index contributed by atoms with van der Waals surface area (Å²) in [5, 5.41) is 0. The van der Waals surface area contributed by atoms with E-state index in [1.165, 1.54) is 0 Å². The maximum Gasteiger partial charge on any atom is 0 e. The van der Waals surface area contributed by atoms with Crippen LogP contribution in [0.2, 0.25) is 0 Å². The maximum absolute atomic E-state index is 9.00. The molecule has 0 amide bonds. The summed E-state index contributed by atoms with van der Waals surface area (Å²) >= 11 is -1.86. The normalized spacial score (nSPS) is 6.89. The smallest absolute Gasteiger partial charge is 0 e. The van der Waals surface area contributed by atoms with Crippen LogP contribution in [0.1, 0.15) is 0 Å². The summed E-state index contributed by atoms with van der Waals surface area (Å²) < 4.78 is 18.0. The molecule has 0 aliphatic carbocycles. The molecule has 0 aromatic rings. The molecule has 0 aromatic carbocycles. The van der Waals surface area contributed by atoms with Crippen molar-refractivity contribution in [2.75, 3.05) is 6.26 Å². The van der Waals surface area contributed by atoms with Gasteiger partial charge in [-0.25, -0.2) is 0 Å². The Labute approximate surface area is 184 Å². The molecule has 0 spiro atoms. The van der Waals surface area contributed by atoms with Crippen LogP contribution in [0.4, 0.5) is 0 Å². The number of hydrogen-bond donors (Lipinski definition) is 0. The van der Waals surface area contributed by atoms with Crippen molar-refractivity contribution in [1.82, 2.24) is 0 Å². The SMILES string of the molecule is CS(=O)[O-].[Y].[Y].[Y].[Y].[Y]. The van der Waals surface area contributed by atoms with Gasteiger partial charge >= 0.3 is 0 Å². The zero-order chi connectivity index (χ0) is 3.58. The van der Waals surface area contributed by atoms with Crippen LogP contribution in [-0.2, 0) is 175 Å². The first-order chi connectivity index (χ1) is 1.73. The molecule has 0 fully saturated rings. The van der Waals surface area contributed by atoms with E-state index in [-0.39, 0.29) is 164 Å². The van der Waals surface area contributed by atoms with Gasteiger partial charge in [-0.3, -0.25) is 4.21 Å². The van der Waals surface area contributed by atoms with Gasteiger partial charge in [0.1, 0.15) is 0 Å². The molecule has 1 atom stereocenters. The van der Waals surface area contributed by atoms with E-state index in [2.05, 4.69) is 0 Å². The number of rotatable bonds is 0. The minimum atomic E-state index is -1.86. The van der Waals surface area contributed by atoms with E-state index in [4.69, 9.17) is 8.76 Å². The summed E-state index contributed by atoms with van der Waals surface area (Å²) in [4.78, 5) is 0. The van der Waals surface area contributed by atoms with E-state index >= 15 is 0 Å². The first kappa shape index (κ1) is 36.5. The molecule has 0 N–H and O–H groups in total. The molecule has 0 saturated heterocycles. The summed E-state index contributed by atoms with van der Waals surface area (Å²) in [6.45, 7) is 0. The molecule has 2 nitrogen and oxygen atoms in total. The second-order valence-corrected chi connectivity index (χ2v) is 1.20. The standard InChI is InChI=1S/CH4O2S.5Y/c1-4(2)3;;;;;/h1H3,(H,2,3);;;;;/p-1. The second-order valence-electron chi connectivity index (χ2n) is 0.401. The minimum Gasteiger partial charge on any atom is -0.773 e. The van der Waals surface area contributed by atoms with Crippen LogP contribution in [0.25, 0.3) is 0 Å². The summed E-state index contributed by atoms with van der Waals surface area (Å²) in [7, 11) is 0. The van der Waals surface area contributed by atoms with Crippen molar-refractivity contribution in [3.05, 3.63) is 0 Å². The zero-order valence-electron chi connectivity index (χ0n) is 5.11. The average Bonchev–Trinajstić information content (AvgIpc) is 0.811. The van der Waals surface area contributed by atoms with Gasteiger partial charge in [0.2, 0.25) is 0 Å². The predicted molar refractivity (Wildman–Crippen MR) is 14.8 cm³/mol. The molecule has 0 bridgehead atoms. The average molecular weight is 524 g/mol. The fraction of sp³-hybridized carbons (Fsp3) is 1.00. The summed E-state index contributed by atoms with van der Waals surface area (Å²) in [6, 6.07) is 0. The van der Waals surface area contributed by atoms with E-state index in [0.717, 1.165) is 6.26 Å². The maximum atomic E-state index is 9.00. The van der Waals surface area contributed by atoms with Crippen LogP contribution >= 0.6 is 0 Å². The van der Waals surface area contributed by atoms with Crippen molar-refractivity contribution in [3.63, 3.8) is 0 Å². The molecule has 0 aromatic heterocycles. The van der Waals surface area contributed by atoms with E-state index < -0.39 is 11.1 Å². The van der Waals surface area contributed by atoms with Crippen molar-refractivity contribution in [2.24, 2.45) is 0 Å². The van der Waals surface area contributed by atoms with Gasteiger partial charge in [0, 0.05) is 164 Å². The Morgan fingerprint density at radius 3 is 1.00 bits per heavy atom. The Balaban J connectivity index is -0.00000000450. The third-order valence-corrected chi connectivity index (χ3v) is 0. The molecule has 9 heavy (non-hydrogen) atoms. The van der Waals surface area contributed by atoms with Crippen molar-refractivity contribution < 1.29 is 172 Å².